The molecule has 1 aromatic heterocycles. The fourth-order valence-corrected chi connectivity index (χ4v) is 1.99. The Labute approximate surface area is 129 Å². The summed E-state index contributed by atoms with van der Waals surface area (Å²) in [6, 6.07) is 6.52. The van der Waals surface area contributed by atoms with Crippen LogP contribution in [0.4, 0.5) is 0 Å². The van der Waals surface area contributed by atoms with Crippen LogP contribution in [0.1, 0.15) is 32.0 Å². The number of rotatable bonds is 6. The number of nitrogens with zero attached hydrogens (tertiary/aromatic N) is 1. The summed E-state index contributed by atoms with van der Waals surface area (Å²) in [5.41, 5.74) is 6.85. The normalized spacial score (nSPS) is 12.0. The molecule has 2 aromatic rings. The molecule has 0 saturated carbocycles. The first-order chi connectivity index (χ1) is 10.5. The Morgan fingerprint density at radius 2 is 2.09 bits per heavy atom. The minimum atomic E-state index is -0.310. The number of H-pyrrole nitrogens is 1. The van der Waals surface area contributed by atoms with Crippen LogP contribution in [-0.4, -0.2) is 23.7 Å². The molecule has 0 aliphatic heterocycles. The predicted molar refractivity (Wildman–Crippen MR) is 85.2 cm³/mol. The van der Waals surface area contributed by atoms with Crippen molar-refractivity contribution in [2.24, 2.45) is 5.73 Å². The van der Waals surface area contributed by atoms with Gasteiger partial charge in [0.2, 0.25) is 0 Å². The highest BCUT2D eigenvalue weighted by molar-refractivity contribution is 5.61. The Bertz CT molecular complexity index is 695. The Kier molecular flexibility index (Phi) is 5.16. The fourth-order valence-electron chi connectivity index (χ4n) is 1.99. The maximum Gasteiger partial charge on any atom is 0.251 e. The number of nitrogens with one attached hydrogen (secondary N) is 1. The third kappa shape index (κ3) is 3.65. The molecule has 118 valence electrons. The molecule has 6 nitrogen and oxygen atoms in total. The summed E-state index contributed by atoms with van der Waals surface area (Å²) < 4.78 is 11.0. The second kappa shape index (κ2) is 7.09. The van der Waals surface area contributed by atoms with E-state index >= 15 is 0 Å². The van der Waals surface area contributed by atoms with Crippen molar-refractivity contribution in [3.8, 4) is 22.9 Å². The summed E-state index contributed by atoms with van der Waals surface area (Å²) >= 11 is 0. The quantitative estimate of drug-likeness (QED) is 0.854. The number of hydrogen-bond donors (Lipinski definition) is 2. The van der Waals surface area contributed by atoms with Gasteiger partial charge in [-0.25, -0.2) is 4.98 Å². The summed E-state index contributed by atoms with van der Waals surface area (Å²) in [5, 5.41) is 0. The lowest BCUT2D eigenvalue weighted by molar-refractivity contribution is 0.294. The molecule has 0 bridgehead atoms. The number of aromatic amines is 1. The van der Waals surface area contributed by atoms with Crippen molar-refractivity contribution in [2.45, 2.75) is 26.3 Å². The lowest BCUT2D eigenvalue weighted by Gasteiger charge is -2.12. The highest BCUT2D eigenvalue weighted by Gasteiger charge is 2.11. The van der Waals surface area contributed by atoms with Crippen molar-refractivity contribution < 1.29 is 9.47 Å². The second-order valence-electron chi connectivity index (χ2n) is 5.02. The van der Waals surface area contributed by atoms with Crippen molar-refractivity contribution >= 4 is 0 Å². The molecule has 1 heterocycles. The third-order valence-corrected chi connectivity index (χ3v) is 3.13. The van der Waals surface area contributed by atoms with Gasteiger partial charge in [-0.3, -0.25) is 4.79 Å². The van der Waals surface area contributed by atoms with Crippen LogP contribution in [0.3, 0.4) is 0 Å². The molecular weight excluding hydrogens is 282 g/mol. The standard InChI is InChI=1S/C16H21N3O3/c1-4-7-22-13-6-5-11(8-14(13)21-3)16-18-12(10(2)17)9-15(20)19-16/h5-6,8-10H,4,7,17H2,1-3H3,(H,18,19,20). The SMILES string of the molecule is CCCOc1ccc(-c2nc(C(C)N)cc(=O)[nH]2)cc1OC. The lowest BCUT2D eigenvalue weighted by Crippen LogP contribution is -2.15. The average Bonchev–Trinajstić information content (AvgIpc) is 2.52. The topological polar surface area (TPSA) is 90.2 Å². The predicted octanol–water partition coefficient (Wildman–Crippen LogP) is 2.25. The van der Waals surface area contributed by atoms with Crippen molar-refractivity contribution in [3.05, 3.63) is 40.3 Å². The molecule has 0 spiro atoms. The Morgan fingerprint density at radius 3 is 2.73 bits per heavy atom. The van der Waals surface area contributed by atoms with E-state index < -0.39 is 0 Å². The van der Waals surface area contributed by atoms with Gasteiger partial charge in [-0.15, -0.1) is 0 Å². The van der Waals surface area contributed by atoms with Gasteiger partial charge in [0.1, 0.15) is 5.82 Å². The molecule has 0 aliphatic rings. The van der Waals surface area contributed by atoms with E-state index in [1.54, 1.807) is 20.1 Å². The van der Waals surface area contributed by atoms with E-state index in [1.807, 2.05) is 19.1 Å². The van der Waals surface area contributed by atoms with Gasteiger partial charge >= 0.3 is 0 Å². The minimum Gasteiger partial charge on any atom is -0.493 e. The number of nitrogens with two attached hydrogens (primary N) is 1. The first-order valence-electron chi connectivity index (χ1n) is 7.23. The number of ether oxygens (including phenoxy) is 2. The van der Waals surface area contributed by atoms with Gasteiger partial charge in [0.15, 0.2) is 11.5 Å². The molecule has 0 aliphatic carbocycles. The number of methoxy groups -OCH3 is 1. The highest BCUT2D eigenvalue weighted by atomic mass is 16.5. The van der Waals surface area contributed by atoms with E-state index in [0.29, 0.717) is 29.6 Å². The smallest absolute Gasteiger partial charge is 0.251 e. The molecular formula is C16H21N3O3. The first kappa shape index (κ1) is 16.0. The monoisotopic (exact) mass is 303 g/mol. The van der Waals surface area contributed by atoms with Gasteiger partial charge in [-0.1, -0.05) is 6.92 Å². The van der Waals surface area contributed by atoms with E-state index in [9.17, 15) is 4.79 Å². The molecule has 1 aromatic carbocycles. The Morgan fingerprint density at radius 1 is 1.32 bits per heavy atom. The van der Waals surface area contributed by atoms with Crippen LogP contribution in [0.5, 0.6) is 11.5 Å². The maximum absolute atomic E-state index is 11.7. The minimum absolute atomic E-state index is 0.234. The van der Waals surface area contributed by atoms with Crippen molar-refractivity contribution in [2.75, 3.05) is 13.7 Å². The number of benzene rings is 1. The van der Waals surface area contributed by atoms with Gasteiger partial charge in [-0.2, -0.15) is 0 Å². The molecule has 2 rings (SSSR count). The molecule has 0 amide bonds. The fraction of sp³-hybridized carbons (Fsp3) is 0.375. The Balaban J connectivity index is 2.42. The summed E-state index contributed by atoms with van der Waals surface area (Å²) in [4.78, 5) is 18.9. The molecule has 0 radical (unpaired) electrons. The molecule has 1 atom stereocenters. The largest absolute Gasteiger partial charge is 0.493 e. The van der Waals surface area contributed by atoms with E-state index in [2.05, 4.69) is 9.97 Å². The molecule has 1 unspecified atom stereocenters. The van der Waals surface area contributed by atoms with Gasteiger partial charge < -0.3 is 20.2 Å². The lowest BCUT2D eigenvalue weighted by atomic mass is 10.1. The van der Waals surface area contributed by atoms with Crippen LogP contribution in [0.25, 0.3) is 11.4 Å². The van der Waals surface area contributed by atoms with E-state index in [1.165, 1.54) is 6.07 Å². The summed E-state index contributed by atoms with van der Waals surface area (Å²) in [6.45, 7) is 4.44. The molecule has 22 heavy (non-hydrogen) atoms. The second-order valence-corrected chi connectivity index (χ2v) is 5.02. The van der Waals surface area contributed by atoms with Crippen LogP contribution in [-0.2, 0) is 0 Å². The maximum atomic E-state index is 11.7. The van der Waals surface area contributed by atoms with Gasteiger partial charge in [-0.05, 0) is 31.5 Å². The zero-order valence-corrected chi connectivity index (χ0v) is 13.1. The molecule has 0 saturated heterocycles. The van der Waals surface area contributed by atoms with Crippen molar-refractivity contribution in [3.63, 3.8) is 0 Å². The number of aromatic nitrogens is 2. The van der Waals surface area contributed by atoms with Gasteiger partial charge in [0, 0.05) is 17.7 Å². The van der Waals surface area contributed by atoms with Gasteiger partial charge in [0.05, 0.1) is 19.4 Å². The zero-order chi connectivity index (χ0) is 16.1. The highest BCUT2D eigenvalue weighted by Crippen LogP contribution is 2.31. The zero-order valence-electron chi connectivity index (χ0n) is 13.1. The van der Waals surface area contributed by atoms with Crippen molar-refractivity contribution in [1.82, 2.24) is 9.97 Å². The molecule has 0 fully saturated rings. The summed E-state index contributed by atoms with van der Waals surface area (Å²) in [6.07, 6.45) is 0.913. The van der Waals surface area contributed by atoms with Crippen LogP contribution < -0.4 is 20.8 Å². The first-order valence-corrected chi connectivity index (χ1v) is 7.23. The van der Waals surface area contributed by atoms with Crippen LogP contribution in [0.2, 0.25) is 0 Å². The van der Waals surface area contributed by atoms with E-state index in [4.69, 9.17) is 15.2 Å². The average molecular weight is 303 g/mol. The van der Waals surface area contributed by atoms with Crippen molar-refractivity contribution in [1.29, 1.82) is 0 Å². The number of hydrogen-bond acceptors (Lipinski definition) is 5. The Hall–Kier alpha value is -2.34. The molecule has 3 N–H and O–H groups in total. The van der Waals surface area contributed by atoms with Crippen LogP contribution in [0, 0.1) is 0 Å². The summed E-state index contributed by atoms with van der Waals surface area (Å²) in [7, 11) is 1.58. The van der Waals surface area contributed by atoms with Crippen LogP contribution in [0.15, 0.2) is 29.1 Å². The molecule has 6 heteroatoms. The third-order valence-electron chi connectivity index (χ3n) is 3.13. The van der Waals surface area contributed by atoms with Gasteiger partial charge in [0.25, 0.3) is 5.56 Å². The van der Waals surface area contributed by atoms with E-state index in [-0.39, 0.29) is 11.6 Å². The summed E-state index contributed by atoms with van der Waals surface area (Å²) in [5.74, 6) is 1.72. The van der Waals surface area contributed by atoms with Crippen LogP contribution >= 0.6 is 0 Å². The van der Waals surface area contributed by atoms with E-state index in [0.717, 1.165) is 12.0 Å².